The summed E-state index contributed by atoms with van der Waals surface area (Å²) in [6, 6.07) is 1.09. The van der Waals surface area contributed by atoms with Gasteiger partial charge in [0, 0.05) is 25.1 Å². The molecule has 1 unspecified atom stereocenters. The highest BCUT2D eigenvalue weighted by Crippen LogP contribution is 2.45. The molecule has 0 aliphatic carbocycles. The van der Waals surface area contributed by atoms with Crippen LogP contribution in [0, 0.1) is 16.0 Å². The van der Waals surface area contributed by atoms with Crippen LogP contribution in [0.2, 0.25) is 5.02 Å². The third-order valence-corrected chi connectivity index (χ3v) is 4.65. The number of aliphatic hydroxyl groups excluding tert-OH is 1. The van der Waals surface area contributed by atoms with Crippen molar-refractivity contribution in [1.82, 2.24) is 10.6 Å². The van der Waals surface area contributed by atoms with Crippen molar-refractivity contribution in [1.29, 1.82) is 0 Å². The number of piperidine rings is 1. The molecule has 0 saturated carbocycles. The number of carbonyl (C=O) groups excluding carboxylic acids is 1. The van der Waals surface area contributed by atoms with Gasteiger partial charge in [0.25, 0.3) is 11.6 Å². The monoisotopic (exact) mass is 371 g/mol. The number of nitro groups is 1. The molecule has 1 amide bonds. The van der Waals surface area contributed by atoms with Gasteiger partial charge in [0.1, 0.15) is 13.2 Å². The van der Waals surface area contributed by atoms with Gasteiger partial charge >= 0.3 is 0 Å². The average Bonchev–Trinajstić information content (AvgIpc) is 2.61. The zero-order valence-electron chi connectivity index (χ0n) is 13.3. The largest absolute Gasteiger partial charge is 0.485 e. The van der Waals surface area contributed by atoms with Gasteiger partial charge in [-0.2, -0.15) is 0 Å². The summed E-state index contributed by atoms with van der Waals surface area (Å²) in [5.41, 5.74) is -0.424. The molecule has 1 aromatic rings. The summed E-state index contributed by atoms with van der Waals surface area (Å²) in [5.74, 6) is -0.507. The molecule has 0 radical (unpaired) electrons. The van der Waals surface area contributed by atoms with E-state index in [0.717, 1.165) is 19.0 Å². The van der Waals surface area contributed by atoms with E-state index in [-0.39, 0.29) is 47.8 Å². The lowest BCUT2D eigenvalue weighted by Gasteiger charge is -2.28. The number of hydrogen-bond acceptors (Lipinski definition) is 7. The minimum atomic E-state index is -0.673. The second-order valence-corrected chi connectivity index (χ2v) is 6.28. The molecule has 10 heteroatoms. The van der Waals surface area contributed by atoms with Crippen LogP contribution in [0.3, 0.4) is 0 Å². The Labute approximate surface area is 148 Å². The molecule has 0 aromatic heterocycles. The van der Waals surface area contributed by atoms with Gasteiger partial charge in [0.2, 0.25) is 0 Å². The summed E-state index contributed by atoms with van der Waals surface area (Å²) < 4.78 is 10.8. The first kappa shape index (κ1) is 17.7. The highest BCUT2D eigenvalue weighted by molar-refractivity contribution is 6.34. The van der Waals surface area contributed by atoms with E-state index in [0.29, 0.717) is 6.54 Å². The van der Waals surface area contributed by atoms with E-state index in [1.54, 1.807) is 0 Å². The van der Waals surface area contributed by atoms with Gasteiger partial charge in [-0.1, -0.05) is 11.6 Å². The molecule has 2 aliphatic heterocycles. The molecular weight excluding hydrogens is 354 g/mol. The van der Waals surface area contributed by atoms with Crippen molar-refractivity contribution in [2.45, 2.75) is 12.5 Å². The third kappa shape index (κ3) is 3.63. The Morgan fingerprint density at radius 1 is 1.44 bits per heavy atom. The number of carbonyl (C=O) groups is 1. The minimum absolute atomic E-state index is 0.00535. The van der Waals surface area contributed by atoms with E-state index >= 15 is 0 Å². The van der Waals surface area contributed by atoms with E-state index < -0.39 is 22.6 Å². The maximum absolute atomic E-state index is 12.5. The number of aliphatic hydroxyl groups is 1. The zero-order chi connectivity index (χ0) is 18.0. The number of benzene rings is 1. The molecule has 0 bridgehead atoms. The van der Waals surface area contributed by atoms with Crippen molar-refractivity contribution < 1.29 is 24.3 Å². The molecule has 2 atom stereocenters. The maximum Gasteiger partial charge on any atom is 0.292 e. The predicted octanol–water partition coefficient (Wildman–Crippen LogP) is 0.720. The predicted molar refractivity (Wildman–Crippen MR) is 88.4 cm³/mol. The van der Waals surface area contributed by atoms with Gasteiger partial charge in [0.05, 0.1) is 16.6 Å². The number of ether oxygens (including phenoxy) is 2. The van der Waals surface area contributed by atoms with Crippen LogP contribution in [0.25, 0.3) is 0 Å². The molecule has 0 spiro atoms. The summed E-state index contributed by atoms with van der Waals surface area (Å²) in [6.45, 7) is 1.90. The Balaban J connectivity index is 1.84. The number of β-amino-alcohol motifs (C(OH)–C–C–N with tert-alkyl or cyclic N) is 1. The van der Waals surface area contributed by atoms with Crippen LogP contribution in [0.1, 0.15) is 16.8 Å². The van der Waals surface area contributed by atoms with E-state index in [4.69, 9.17) is 21.1 Å². The van der Waals surface area contributed by atoms with Crippen molar-refractivity contribution in [3.05, 3.63) is 26.8 Å². The van der Waals surface area contributed by atoms with Crippen LogP contribution < -0.4 is 20.1 Å². The number of nitrogens with one attached hydrogen (secondary N) is 2. The fourth-order valence-electron chi connectivity index (χ4n) is 2.92. The first-order chi connectivity index (χ1) is 12.0. The molecule has 2 aliphatic rings. The lowest BCUT2D eigenvalue weighted by atomic mass is 9.95. The smallest absolute Gasteiger partial charge is 0.292 e. The third-order valence-electron chi connectivity index (χ3n) is 4.29. The molecule has 9 nitrogen and oxygen atoms in total. The van der Waals surface area contributed by atoms with Crippen molar-refractivity contribution in [2.24, 2.45) is 5.92 Å². The number of halogens is 1. The Bertz CT molecular complexity index is 698. The first-order valence-electron chi connectivity index (χ1n) is 7.92. The highest BCUT2D eigenvalue weighted by atomic mass is 35.5. The minimum Gasteiger partial charge on any atom is -0.485 e. The van der Waals surface area contributed by atoms with Gasteiger partial charge in [-0.3, -0.25) is 14.9 Å². The molecule has 25 heavy (non-hydrogen) atoms. The molecule has 3 rings (SSSR count). The summed E-state index contributed by atoms with van der Waals surface area (Å²) in [5, 5.41) is 26.7. The fourth-order valence-corrected chi connectivity index (χ4v) is 3.18. The fraction of sp³-hybridized carbons (Fsp3) is 0.533. The summed E-state index contributed by atoms with van der Waals surface area (Å²) >= 11 is 6.00. The number of rotatable bonds is 4. The van der Waals surface area contributed by atoms with Crippen LogP contribution in [-0.4, -0.2) is 54.9 Å². The zero-order valence-corrected chi connectivity index (χ0v) is 14.0. The maximum atomic E-state index is 12.5. The standard InChI is InChI=1S/C15H18ClN3O6/c16-12-10(19(22)23)5-9(13-14(12)25-4-3-24-13)15(21)18-6-8-1-2-17-7-11(8)20/h5,8,11,17,20H,1-4,6-7H2,(H,18,21)/t8-,11?/m0/s1. The first-order valence-corrected chi connectivity index (χ1v) is 8.30. The van der Waals surface area contributed by atoms with Gasteiger partial charge in [-0.25, -0.2) is 0 Å². The normalized spacial score (nSPS) is 22.3. The van der Waals surface area contributed by atoms with E-state index in [2.05, 4.69) is 10.6 Å². The Morgan fingerprint density at radius 3 is 2.84 bits per heavy atom. The lowest BCUT2D eigenvalue weighted by molar-refractivity contribution is -0.384. The SMILES string of the molecule is O=C(NC[C@@H]1CCNCC1O)c1cc([N+](=O)[O-])c(Cl)c2c1OCCO2. The van der Waals surface area contributed by atoms with Gasteiger partial charge in [-0.15, -0.1) is 0 Å². The molecular formula is C15H18ClN3O6. The van der Waals surface area contributed by atoms with E-state index in [1.807, 2.05) is 0 Å². The van der Waals surface area contributed by atoms with Crippen molar-refractivity contribution in [3.8, 4) is 11.5 Å². The molecule has 2 heterocycles. The molecule has 1 saturated heterocycles. The average molecular weight is 372 g/mol. The van der Waals surface area contributed by atoms with Crippen LogP contribution in [0.15, 0.2) is 6.07 Å². The number of nitrogens with zero attached hydrogens (tertiary/aromatic N) is 1. The summed E-state index contributed by atoms with van der Waals surface area (Å²) in [7, 11) is 0. The van der Waals surface area contributed by atoms with E-state index in [9.17, 15) is 20.0 Å². The molecule has 1 fully saturated rings. The molecule has 136 valence electrons. The van der Waals surface area contributed by atoms with Gasteiger partial charge in [0.15, 0.2) is 16.5 Å². The number of fused-ring (bicyclic) bond motifs is 1. The Morgan fingerprint density at radius 2 is 2.16 bits per heavy atom. The Hall–Kier alpha value is -2.10. The van der Waals surface area contributed by atoms with Gasteiger partial charge < -0.3 is 25.2 Å². The number of hydrogen-bond donors (Lipinski definition) is 3. The van der Waals surface area contributed by atoms with Crippen molar-refractivity contribution in [3.63, 3.8) is 0 Å². The lowest BCUT2D eigenvalue weighted by Crippen LogP contribution is -2.45. The van der Waals surface area contributed by atoms with Crippen molar-refractivity contribution >= 4 is 23.2 Å². The summed E-state index contributed by atoms with van der Waals surface area (Å²) in [4.78, 5) is 23.1. The molecule has 1 aromatic carbocycles. The number of nitro benzene ring substituents is 1. The Kier molecular flexibility index (Phi) is 5.26. The second-order valence-electron chi connectivity index (χ2n) is 5.90. The molecule has 3 N–H and O–H groups in total. The van der Waals surface area contributed by atoms with Crippen LogP contribution >= 0.6 is 11.6 Å². The number of amides is 1. The van der Waals surface area contributed by atoms with Crippen molar-refractivity contribution in [2.75, 3.05) is 32.8 Å². The highest BCUT2D eigenvalue weighted by Gasteiger charge is 2.31. The topological polar surface area (TPSA) is 123 Å². The van der Waals surface area contributed by atoms with Crippen LogP contribution in [0.5, 0.6) is 11.5 Å². The second kappa shape index (κ2) is 7.42. The summed E-state index contributed by atoms with van der Waals surface area (Å²) in [6.07, 6.45) is 0.169. The van der Waals surface area contributed by atoms with Gasteiger partial charge in [-0.05, 0) is 13.0 Å². The van der Waals surface area contributed by atoms with Crippen LogP contribution in [-0.2, 0) is 0 Å². The van der Waals surface area contributed by atoms with Crippen LogP contribution in [0.4, 0.5) is 5.69 Å². The van der Waals surface area contributed by atoms with E-state index in [1.165, 1.54) is 0 Å². The quantitative estimate of drug-likeness (QED) is 0.526.